The van der Waals surface area contributed by atoms with E-state index in [0.29, 0.717) is 19.8 Å². The second-order valence-corrected chi connectivity index (χ2v) is 4.91. The zero-order valence-corrected chi connectivity index (χ0v) is 11.7. The van der Waals surface area contributed by atoms with E-state index in [-0.39, 0.29) is 11.9 Å². The molecular formula is C14H17N5O2. The lowest BCUT2D eigenvalue weighted by Gasteiger charge is -2.22. The molecule has 1 amide bonds. The number of nitrogens with zero attached hydrogens (tertiary/aromatic N) is 3. The zero-order valence-electron chi connectivity index (χ0n) is 11.7. The first-order valence-corrected chi connectivity index (χ1v) is 6.80. The van der Waals surface area contributed by atoms with Gasteiger partial charge in [0.1, 0.15) is 12.4 Å². The smallest absolute Gasteiger partial charge is 0.243 e. The fourth-order valence-corrected chi connectivity index (χ4v) is 2.21. The van der Waals surface area contributed by atoms with Gasteiger partial charge in [-0.1, -0.05) is 0 Å². The van der Waals surface area contributed by atoms with E-state index < -0.39 is 0 Å². The first-order chi connectivity index (χ1) is 10.2. The van der Waals surface area contributed by atoms with Crippen LogP contribution in [0.1, 0.15) is 0 Å². The minimum atomic E-state index is -0.294. The molecule has 0 aliphatic carbocycles. The van der Waals surface area contributed by atoms with Crippen LogP contribution in [0.5, 0.6) is 0 Å². The lowest BCUT2D eigenvalue weighted by atomic mass is 10.2. The molecule has 1 fully saturated rings. The summed E-state index contributed by atoms with van der Waals surface area (Å²) in [5, 5.41) is 13.9. The predicted molar refractivity (Wildman–Crippen MR) is 77.7 cm³/mol. The van der Waals surface area contributed by atoms with Crippen LogP contribution in [0.3, 0.4) is 0 Å². The van der Waals surface area contributed by atoms with E-state index in [2.05, 4.69) is 20.8 Å². The Morgan fingerprint density at radius 1 is 1.43 bits per heavy atom. The van der Waals surface area contributed by atoms with Crippen molar-refractivity contribution in [3.8, 4) is 11.4 Å². The van der Waals surface area contributed by atoms with Gasteiger partial charge in [0.15, 0.2) is 5.82 Å². The Morgan fingerprint density at radius 3 is 2.86 bits per heavy atom. The summed E-state index contributed by atoms with van der Waals surface area (Å²) in [6, 6.07) is 7.23. The van der Waals surface area contributed by atoms with Crippen LogP contribution in [0.4, 0.5) is 5.69 Å². The number of aryl methyl sites for hydroxylation is 1. The van der Waals surface area contributed by atoms with Gasteiger partial charge in [-0.25, -0.2) is 0 Å². The number of amides is 1. The second kappa shape index (κ2) is 6.02. The Morgan fingerprint density at radius 2 is 2.24 bits per heavy atom. The van der Waals surface area contributed by atoms with E-state index in [0.717, 1.165) is 17.1 Å². The number of ether oxygens (including phenoxy) is 1. The van der Waals surface area contributed by atoms with Crippen molar-refractivity contribution in [2.75, 3.05) is 25.1 Å². The maximum Gasteiger partial charge on any atom is 0.243 e. The summed E-state index contributed by atoms with van der Waals surface area (Å²) in [4.78, 5) is 12.1. The molecule has 2 N–H and O–H groups in total. The standard InChI is InChI=1S/C14H17N5O2/c1-19-9-16-18-13(19)10-2-4-11(5-3-10)17-14(20)12-8-21-7-6-15-12/h2-5,9,12,15H,6-8H2,1H3,(H,17,20). The van der Waals surface area contributed by atoms with E-state index in [1.807, 2.05) is 35.9 Å². The van der Waals surface area contributed by atoms with Gasteiger partial charge in [-0.05, 0) is 24.3 Å². The van der Waals surface area contributed by atoms with Crippen molar-refractivity contribution in [3.05, 3.63) is 30.6 Å². The number of hydrogen-bond acceptors (Lipinski definition) is 5. The zero-order chi connectivity index (χ0) is 14.7. The summed E-state index contributed by atoms with van der Waals surface area (Å²) in [5.74, 6) is 0.705. The minimum absolute atomic E-state index is 0.0823. The molecule has 21 heavy (non-hydrogen) atoms. The molecule has 1 saturated heterocycles. The van der Waals surface area contributed by atoms with Gasteiger partial charge in [-0.2, -0.15) is 0 Å². The molecule has 7 nitrogen and oxygen atoms in total. The van der Waals surface area contributed by atoms with Crippen LogP contribution < -0.4 is 10.6 Å². The summed E-state index contributed by atoms with van der Waals surface area (Å²) < 4.78 is 7.12. The number of carbonyl (C=O) groups excluding carboxylic acids is 1. The van der Waals surface area contributed by atoms with E-state index >= 15 is 0 Å². The van der Waals surface area contributed by atoms with Crippen molar-refractivity contribution in [3.63, 3.8) is 0 Å². The quantitative estimate of drug-likeness (QED) is 0.854. The minimum Gasteiger partial charge on any atom is -0.378 e. The third kappa shape index (κ3) is 3.09. The monoisotopic (exact) mass is 287 g/mol. The van der Waals surface area contributed by atoms with Gasteiger partial charge in [0, 0.05) is 24.8 Å². The Bertz CT molecular complexity index is 617. The van der Waals surface area contributed by atoms with Crippen LogP contribution in [0.15, 0.2) is 30.6 Å². The van der Waals surface area contributed by atoms with Crippen molar-refractivity contribution >= 4 is 11.6 Å². The molecule has 110 valence electrons. The van der Waals surface area contributed by atoms with Crippen LogP contribution in [-0.4, -0.2) is 46.5 Å². The summed E-state index contributed by atoms with van der Waals surface area (Å²) in [6.45, 7) is 1.75. The SMILES string of the molecule is Cn1cnnc1-c1ccc(NC(=O)C2COCCN2)cc1. The molecule has 2 aromatic rings. The molecule has 1 aromatic heterocycles. The Kier molecular flexibility index (Phi) is 3.94. The van der Waals surface area contributed by atoms with Crippen LogP contribution in [0.25, 0.3) is 11.4 Å². The Balaban J connectivity index is 1.67. The number of hydrogen-bond donors (Lipinski definition) is 2. The van der Waals surface area contributed by atoms with Gasteiger partial charge >= 0.3 is 0 Å². The molecular weight excluding hydrogens is 270 g/mol. The van der Waals surface area contributed by atoms with Crippen molar-refractivity contribution in [1.29, 1.82) is 0 Å². The number of aromatic nitrogens is 3. The van der Waals surface area contributed by atoms with E-state index in [1.165, 1.54) is 0 Å². The lowest BCUT2D eigenvalue weighted by Crippen LogP contribution is -2.48. The Hall–Kier alpha value is -2.25. The fourth-order valence-electron chi connectivity index (χ4n) is 2.21. The maximum atomic E-state index is 12.1. The van der Waals surface area contributed by atoms with Crippen molar-refractivity contribution in [2.45, 2.75) is 6.04 Å². The maximum absolute atomic E-state index is 12.1. The van der Waals surface area contributed by atoms with Crippen molar-refractivity contribution in [2.24, 2.45) is 7.05 Å². The van der Waals surface area contributed by atoms with E-state index in [4.69, 9.17) is 4.74 Å². The molecule has 0 bridgehead atoms. The molecule has 1 aromatic carbocycles. The highest BCUT2D eigenvalue weighted by molar-refractivity contribution is 5.95. The number of carbonyl (C=O) groups is 1. The number of morpholine rings is 1. The summed E-state index contributed by atoms with van der Waals surface area (Å²) >= 11 is 0. The summed E-state index contributed by atoms with van der Waals surface area (Å²) in [6.07, 6.45) is 1.65. The third-order valence-electron chi connectivity index (χ3n) is 3.36. The molecule has 0 radical (unpaired) electrons. The Labute approximate surface area is 122 Å². The van der Waals surface area contributed by atoms with Crippen molar-refractivity contribution < 1.29 is 9.53 Å². The average molecular weight is 287 g/mol. The highest BCUT2D eigenvalue weighted by Crippen LogP contribution is 2.18. The summed E-state index contributed by atoms with van der Waals surface area (Å²) in [7, 11) is 1.89. The average Bonchev–Trinajstić information content (AvgIpc) is 2.95. The van der Waals surface area contributed by atoms with Gasteiger partial charge in [-0.3, -0.25) is 4.79 Å². The van der Waals surface area contributed by atoms with Crippen LogP contribution >= 0.6 is 0 Å². The van der Waals surface area contributed by atoms with Crippen LogP contribution in [-0.2, 0) is 16.6 Å². The molecule has 1 atom stereocenters. The van der Waals surface area contributed by atoms with Crippen LogP contribution in [0, 0.1) is 0 Å². The fraction of sp³-hybridized carbons (Fsp3) is 0.357. The number of rotatable bonds is 3. The highest BCUT2D eigenvalue weighted by atomic mass is 16.5. The van der Waals surface area contributed by atoms with Gasteiger partial charge in [0.05, 0.1) is 13.2 Å². The molecule has 1 aliphatic rings. The molecule has 0 spiro atoms. The molecule has 1 unspecified atom stereocenters. The predicted octanol–water partition coefficient (Wildman–Crippen LogP) is 0.409. The van der Waals surface area contributed by atoms with Gasteiger partial charge < -0.3 is 19.9 Å². The first-order valence-electron chi connectivity index (χ1n) is 6.80. The number of anilines is 1. The normalized spacial score (nSPS) is 18.4. The molecule has 2 heterocycles. The van der Waals surface area contributed by atoms with Gasteiger partial charge in [-0.15, -0.1) is 10.2 Å². The lowest BCUT2D eigenvalue weighted by molar-refractivity contribution is -0.120. The van der Waals surface area contributed by atoms with E-state index in [9.17, 15) is 4.79 Å². The topological polar surface area (TPSA) is 81.1 Å². The van der Waals surface area contributed by atoms with E-state index in [1.54, 1.807) is 6.33 Å². The molecule has 0 saturated carbocycles. The number of benzene rings is 1. The second-order valence-electron chi connectivity index (χ2n) is 4.91. The molecule has 3 rings (SSSR count). The first kappa shape index (κ1) is 13.7. The van der Waals surface area contributed by atoms with Gasteiger partial charge in [0.25, 0.3) is 0 Å². The van der Waals surface area contributed by atoms with Gasteiger partial charge in [0.2, 0.25) is 5.91 Å². The molecule has 7 heteroatoms. The third-order valence-corrected chi connectivity index (χ3v) is 3.36. The largest absolute Gasteiger partial charge is 0.378 e. The highest BCUT2D eigenvalue weighted by Gasteiger charge is 2.21. The summed E-state index contributed by atoms with van der Waals surface area (Å²) in [5.41, 5.74) is 1.70. The number of nitrogens with one attached hydrogen (secondary N) is 2. The van der Waals surface area contributed by atoms with Crippen molar-refractivity contribution in [1.82, 2.24) is 20.1 Å². The van der Waals surface area contributed by atoms with Crippen LogP contribution in [0.2, 0.25) is 0 Å². The molecule has 1 aliphatic heterocycles.